The number of aliphatic imine (C=N–C) groups is 1. The van der Waals surface area contributed by atoms with Crippen molar-refractivity contribution in [3.63, 3.8) is 0 Å². The Kier molecular flexibility index (Phi) is 4.22. The van der Waals surface area contributed by atoms with Gasteiger partial charge in [-0.05, 0) is 25.7 Å². The molecule has 5 nitrogen and oxygen atoms in total. The Hall–Kier alpha value is -1.26. The molecule has 0 atom stereocenters. The first-order valence-electron chi connectivity index (χ1n) is 5.03. The Bertz CT molecular complexity index is 223. The number of guanidine groups is 1. The Morgan fingerprint density at radius 2 is 2.07 bits per heavy atom. The number of carbonyl (C=O) groups excluding carboxylic acids is 1. The molecule has 1 fully saturated rings. The maximum atomic E-state index is 10.4. The summed E-state index contributed by atoms with van der Waals surface area (Å²) in [5.41, 5.74) is 10.6. The lowest BCUT2D eigenvalue weighted by Gasteiger charge is -2.02. The van der Waals surface area contributed by atoms with Crippen LogP contribution in [0.5, 0.6) is 0 Å². The second kappa shape index (κ2) is 5.47. The number of hydrogen-bond donors (Lipinski definition) is 3. The van der Waals surface area contributed by atoms with E-state index in [1.54, 1.807) is 0 Å². The van der Waals surface area contributed by atoms with Crippen LogP contribution < -0.4 is 16.8 Å². The first kappa shape index (κ1) is 10.8. The maximum Gasteiger partial charge on any atom is 0.217 e. The summed E-state index contributed by atoms with van der Waals surface area (Å²) in [4.78, 5) is 14.5. The van der Waals surface area contributed by atoms with Crippen LogP contribution in [0.3, 0.4) is 0 Å². The number of nitrogens with zero attached hydrogens (tertiary/aromatic N) is 1. The summed E-state index contributed by atoms with van der Waals surface area (Å²) in [6.45, 7) is 0.666. The molecule has 0 saturated heterocycles. The molecule has 0 aromatic carbocycles. The van der Waals surface area contributed by atoms with Crippen molar-refractivity contribution in [3.8, 4) is 0 Å². The van der Waals surface area contributed by atoms with Crippen molar-refractivity contribution in [2.24, 2.45) is 16.5 Å². The van der Waals surface area contributed by atoms with Crippen molar-refractivity contribution in [2.75, 3.05) is 6.54 Å². The van der Waals surface area contributed by atoms with E-state index in [9.17, 15) is 4.79 Å². The topological polar surface area (TPSA) is 93.5 Å². The van der Waals surface area contributed by atoms with Crippen LogP contribution >= 0.6 is 0 Å². The highest BCUT2D eigenvalue weighted by Gasteiger charge is 2.21. The lowest BCUT2D eigenvalue weighted by Crippen LogP contribution is -2.33. The lowest BCUT2D eigenvalue weighted by atomic mass is 10.2. The predicted octanol–water partition coefficient (Wildman–Crippen LogP) is -0.291. The average molecular weight is 198 g/mol. The van der Waals surface area contributed by atoms with Gasteiger partial charge in [-0.3, -0.25) is 9.79 Å². The summed E-state index contributed by atoms with van der Waals surface area (Å²) in [6, 6.07) is 0.546. The molecule has 5 heteroatoms. The Labute approximate surface area is 83.9 Å². The van der Waals surface area contributed by atoms with Crippen molar-refractivity contribution in [3.05, 3.63) is 0 Å². The van der Waals surface area contributed by atoms with Gasteiger partial charge in [0.25, 0.3) is 0 Å². The molecule has 1 aliphatic rings. The van der Waals surface area contributed by atoms with E-state index in [0.717, 1.165) is 12.8 Å². The van der Waals surface area contributed by atoms with Crippen LogP contribution in [0, 0.1) is 0 Å². The third kappa shape index (κ3) is 5.40. The number of carbonyl (C=O) groups is 1. The summed E-state index contributed by atoms with van der Waals surface area (Å²) in [6.07, 6.45) is 4.47. The normalized spacial score (nSPS) is 16.7. The third-order valence-electron chi connectivity index (χ3n) is 2.04. The molecule has 0 aromatic rings. The van der Waals surface area contributed by atoms with Crippen LogP contribution in [0.4, 0.5) is 0 Å². The van der Waals surface area contributed by atoms with Gasteiger partial charge in [0.15, 0.2) is 5.96 Å². The first-order chi connectivity index (χ1) is 6.68. The Balaban J connectivity index is 1.97. The van der Waals surface area contributed by atoms with E-state index < -0.39 is 0 Å². The van der Waals surface area contributed by atoms with Gasteiger partial charge < -0.3 is 16.8 Å². The van der Waals surface area contributed by atoms with Crippen molar-refractivity contribution in [1.82, 2.24) is 5.32 Å². The minimum absolute atomic E-state index is 0.252. The smallest absolute Gasteiger partial charge is 0.217 e. The van der Waals surface area contributed by atoms with Crippen molar-refractivity contribution >= 4 is 11.9 Å². The van der Waals surface area contributed by atoms with Crippen LogP contribution in [0.2, 0.25) is 0 Å². The minimum Gasteiger partial charge on any atom is -0.370 e. The monoisotopic (exact) mass is 198 g/mol. The summed E-state index contributed by atoms with van der Waals surface area (Å²) < 4.78 is 0. The zero-order valence-corrected chi connectivity index (χ0v) is 8.33. The van der Waals surface area contributed by atoms with Gasteiger partial charge in [-0.1, -0.05) is 0 Å². The van der Waals surface area contributed by atoms with Gasteiger partial charge in [0, 0.05) is 19.0 Å². The number of rotatable bonds is 6. The molecule has 0 unspecified atom stereocenters. The fourth-order valence-corrected chi connectivity index (χ4v) is 1.09. The van der Waals surface area contributed by atoms with E-state index in [2.05, 4.69) is 10.3 Å². The van der Waals surface area contributed by atoms with Gasteiger partial charge in [0.05, 0.1) is 0 Å². The van der Waals surface area contributed by atoms with Crippen LogP contribution in [-0.2, 0) is 4.79 Å². The highest BCUT2D eigenvalue weighted by molar-refractivity contribution is 5.78. The van der Waals surface area contributed by atoms with Crippen molar-refractivity contribution in [2.45, 2.75) is 38.1 Å². The summed E-state index contributed by atoms with van der Waals surface area (Å²) in [5, 5.41) is 3.09. The summed E-state index contributed by atoms with van der Waals surface area (Å²) >= 11 is 0. The van der Waals surface area contributed by atoms with Crippen LogP contribution in [0.25, 0.3) is 0 Å². The van der Waals surface area contributed by atoms with Gasteiger partial charge in [-0.25, -0.2) is 0 Å². The minimum atomic E-state index is -0.252. The average Bonchev–Trinajstić information content (AvgIpc) is 2.87. The maximum absolute atomic E-state index is 10.4. The summed E-state index contributed by atoms with van der Waals surface area (Å²) in [7, 11) is 0. The molecule has 80 valence electrons. The molecule has 1 rings (SSSR count). The number of unbranched alkanes of at least 4 members (excludes halogenated alkanes) is 1. The second-order valence-corrected chi connectivity index (χ2v) is 3.61. The molecule has 0 spiro atoms. The quantitative estimate of drug-likeness (QED) is 0.311. The number of amides is 1. The highest BCUT2D eigenvalue weighted by Crippen LogP contribution is 2.17. The highest BCUT2D eigenvalue weighted by atomic mass is 16.1. The van der Waals surface area contributed by atoms with Crippen molar-refractivity contribution in [1.29, 1.82) is 0 Å². The molecule has 0 aliphatic heterocycles. The second-order valence-electron chi connectivity index (χ2n) is 3.61. The molecule has 1 amide bonds. The van der Waals surface area contributed by atoms with Gasteiger partial charge in [-0.15, -0.1) is 0 Å². The molecule has 0 bridgehead atoms. The van der Waals surface area contributed by atoms with E-state index in [-0.39, 0.29) is 5.91 Å². The molecule has 0 aromatic heterocycles. The van der Waals surface area contributed by atoms with E-state index in [0.29, 0.717) is 25.0 Å². The Morgan fingerprint density at radius 1 is 1.36 bits per heavy atom. The van der Waals surface area contributed by atoms with Gasteiger partial charge in [0.1, 0.15) is 0 Å². The fraction of sp³-hybridized carbons (Fsp3) is 0.778. The van der Waals surface area contributed by atoms with E-state index >= 15 is 0 Å². The lowest BCUT2D eigenvalue weighted by molar-refractivity contribution is -0.118. The molecule has 1 saturated carbocycles. The third-order valence-corrected chi connectivity index (χ3v) is 2.04. The van der Waals surface area contributed by atoms with Crippen LogP contribution in [0.1, 0.15) is 32.1 Å². The molecule has 14 heavy (non-hydrogen) atoms. The first-order valence-corrected chi connectivity index (χ1v) is 5.03. The number of nitrogens with two attached hydrogens (primary N) is 2. The fourth-order valence-electron chi connectivity index (χ4n) is 1.09. The standard InChI is InChI=1S/C9H18N4O/c10-8(14)3-1-2-6-12-9(11)13-7-4-5-7/h7H,1-6H2,(H2,10,14)(H3,11,12,13). The predicted molar refractivity (Wildman–Crippen MR) is 55.7 cm³/mol. The molecular formula is C9H18N4O. The summed E-state index contributed by atoms with van der Waals surface area (Å²) in [5.74, 6) is 0.268. The molecule has 5 N–H and O–H groups in total. The molecule has 0 radical (unpaired) electrons. The van der Waals surface area contributed by atoms with Gasteiger partial charge in [-0.2, -0.15) is 0 Å². The number of primary amides is 1. The molecule has 0 heterocycles. The SMILES string of the molecule is NC(=O)CCCCN=C(N)NC1CC1. The Morgan fingerprint density at radius 3 is 2.64 bits per heavy atom. The van der Waals surface area contributed by atoms with Crippen LogP contribution in [-0.4, -0.2) is 24.5 Å². The number of hydrogen-bond acceptors (Lipinski definition) is 2. The number of nitrogens with one attached hydrogen (secondary N) is 1. The van der Waals surface area contributed by atoms with E-state index in [4.69, 9.17) is 11.5 Å². The van der Waals surface area contributed by atoms with Gasteiger partial charge >= 0.3 is 0 Å². The van der Waals surface area contributed by atoms with Crippen molar-refractivity contribution < 1.29 is 4.79 Å². The molecular weight excluding hydrogens is 180 g/mol. The zero-order chi connectivity index (χ0) is 10.4. The molecule has 1 aliphatic carbocycles. The zero-order valence-electron chi connectivity index (χ0n) is 8.33. The van der Waals surface area contributed by atoms with Crippen LogP contribution in [0.15, 0.2) is 4.99 Å². The van der Waals surface area contributed by atoms with Gasteiger partial charge in [0.2, 0.25) is 5.91 Å². The van der Waals surface area contributed by atoms with E-state index in [1.807, 2.05) is 0 Å². The largest absolute Gasteiger partial charge is 0.370 e. The van der Waals surface area contributed by atoms with E-state index in [1.165, 1.54) is 12.8 Å².